The number of carbonyl (C=O) groups excluding carboxylic acids is 1. The number of carbonyl (C=O) groups is 1. The SMILES string of the molecule is CCC(CC)(CO)CNC(=O)C(CN)C(C)C. The monoisotopic (exact) mass is 244 g/mol. The van der Waals surface area contributed by atoms with Gasteiger partial charge in [0.25, 0.3) is 0 Å². The van der Waals surface area contributed by atoms with Crippen molar-refractivity contribution in [1.29, 1.82) is 0 Å². The summed E-state index contributed by atoms with van der Waals surface area (Å²) in [7, 11) is 0. The van der Waals surface area contributed by atoms with Crippen LogP contribution in [0.1, 0.15) is 40.5 Å². The average Bonchev–Trinajstić information content (AvgIpc) is 2.32. The van der Waals surface area contributed by atoms with Crippen molar-refractivity contribution in [3.05, 3.63) is 0 Å². The minimum atomic E-state index is -0.189. The molecule has 4 heteroatoms. The number of aliphatic hydroxyl groups excluding tert-OH is 1. The first-order chi connectivity index (χ1) is 7.96. The molecule has 17 heavy (non-hydrogen) atoms. The van der Waals surface area contributed by atoms with E-state index in [0.29, 0.717) is 13.1 Å². The molecule has 0 aromatic heterocycles. The van der Waals surface area contributed by atoms with Gasteiger partial charge in [0, 0.05) is 18.5 Å². The van der Waals surface area contributed by atoms with Gasteiger partial charge in [-0.05, 0) is 18.8 Å². The van der Waals surface area contributed by atoms with Gasteiger partial charge < -0.3 is 16.2 Å². The van der Waals surface area contributed by atoms with E-state index in [9.17, 15) is 9.90 Å². The van der Waals surface area contributed by atoms with Crippen LogP contribution in [0.25, 0.3) is 0 Å². The Hall–Kier alpha value is -0.610. The summed E-state index contributed by atoms with van der Waals surface area (Å²) >= 11 is 0. The fourth-order valence-corrected chi connectivity index (χ4v) is 1.87. The van der Waals surface area contributed by atoms with Crippen LogP contribution in [0.4, 0.5) is 0 Å². The molecule has 0 heterocycles. The van der Waals surface area contributed by atoms with E-state index in [1.165, 1.54) is 0 Å². The first kappa shape index (κ1) is 16.4. The third kappa shape index (κ3) is 4.64. The van der Waals surface area contributed by atoms with Gasteiger partial charge in [-0.25, -0.2) is 0 Å². The summed E-state index contributed by atoms with van der Waals surface area (Å²) in [6, 6.07) is 0. The summed E-state index contributed by atoms with van der Waals surface area (Å²) in [5.74, 6) is 0.106. The molecule has 1 unspecified atom stereocenters. The number of aliphatic hydroxyl groups is 1. The topological polar surface area (TPSA) is 75.3 Å². The minimum Gasteiger partial charge on any atom is -0.396 e. The Kier molecular flexibility index (Phi) is 7.39. The highest BCUT2D eigenvalue weighted by Crippen LogP contribution is 2.24. The first-order valence-electron chi connectivity index (χ1n) is 6.55. The Balaban J connectivity index is 4.39. The van der Waals surface area contributed by atoms with E-state index < -0.39 is 0 Å². The molecule has 1 atom stereocenters. The Morgan fingerprint density at radius 3 is 2.18 bits per heavy atom. The van der Waals surface area contributed by atoms with Crippen LogP contribution in [0.2, 0.25) is 0 Å². The maximum atomic E-state index is 11.9. The van der Waals surface area contributed by atoms with E-state index >= 15 is 0 Å². The van der Waals surface area contributed by atoms with E-state index in [-0.39, 0.29) is 29.8 Å². The van der Waals surface area contributed by atoms with E-state index in [1.54, 1.807) is 0 Å². The van der Waals surface area contributed by atoms with Crippen LogP contribution in [0, 0.1) is 17.3 Å². The van der Waals surface area contributed by atoms with Gasteiger partial charge in [-0.1, -0.05) is 27.7 Å². The largest absolute Gasteiger partial charge is 0.396 e. The van der Waals surface area contributed by atoms with Gasteiger partial charge in [-0.2, -0.15) is 0 Å². The highest BCUT2D eigenvalue weighted by Gasteiger charge is 2.28. The van der Waals surface area contributed by atoms with Gasteiger partial charge in [-0.3, -0.25) is 4.79 Å². The van der Waals surface area contributed by atoms with Crippen LogP contribution < -0.4 is 11.1 Å². The van der Waals surface area contributed by atoms with E-state index in [0.717, 1.165) is 12.8 Å². The molecule has 0 aliphatic carbocycles. The molecule has 4 nitrogen and oxygen atoms in total. The third-order valence-electron chi connectivity index (χ3n) is 3.87. The first-order valence-corrected chi connectivity index (χ1v) is 6.55. The smallest absolute Gasteiger partial charge is 0.224 e. The fraction of sp³-hybridized carbons (Fsp3) is 0.923. The second kappa shape index (κ2) is 7.67. The van der Waals surface area contributed by atoms with Crippen LogP contribution >= 0.6 is 0 Å². The maximum absolute atomic E-state index is 11.9. The second-order valence-corrected chi connectivity index (χ2v) is 5.17. The molecule has 0 saturated carbocycles. The number of rotatable bonds is 8. The maximum Gasteiger partial charge on any atom is 0.224 e. The quantitative estimate of drug-likeness (QED) is 0.599. The minimum absolute atomic E-state index is 0.00206. The highest BCUT2D eigenvalue weighted by molar-refractivity contribution is 5.79. The van der Waals surface area contributed by atoms with Crippen molar-refractivity contribution in [2.75, 3.05) is 19.7 Å². The molecule has 102 valence electrons. The molecule has 0 spiro atoms. The molecule has 0 fully saturated rings. The Labute approximate surface area is 105 Å². The number of hydrogen-bond donors (Lipinski definition) is 3. The zero-order valence-electron chi connectivity index (χ0n) is 11.6. The molecule has 0 aliphatic rings. The van der Waals surface area contributed by atoms with Crippen molar-refractivity contribution in [2.45, 2.75) is 40.5 Å². The van der Waals surface area contributed by atoms with Gasteiger partial charge in [0.15, 0.2) is 0 Å². The molecule has 0 saturated heterocycles. The lowest BCUT2D eigenvalue weighted by Gasteiger charge is -2.30. The van der Waals surface area contributed by atoms with Crippen molar-refractivity contribution in [3.63, 3.8) is 0 Å². The molecular weight excluding hydrogens is 216 g/mol. The molecule has 0 radical (unpaired) electrons. The predicted octanol–water partition coefficient (Wildman–Crippen LogP) is 1.13. The van der Waals surface area contributed by atoms with Crippen LogP contribution in [0.3, 0.4) is 0 Å². The van der Waals surface area contributed by atoms with Crippen molar-refractivity contribution in [2.24, 2.45) is 23.0 Å². The van der Waals surface area contributed by atoms with Crippen LogP contribution in [-0.2, 0) is 4.79 Å². The zero-order chi connectivity index (χ0) is 13.5. The van der Waals surface area contributed by atoms with Crippen molar-refractivity contribution >= 4 is 5.91 Å². The van der Waals surface area contributed by atoms with E-state index in [2.05, 4.69) is 5.32 Å². The Morgan fingerprint density at radius 2 is 1.88 bits per heavy atom. The van der Waals surface area contributed by atoms with E-state index in [4.69, 9.17) is 5.73 Å². The average molecular weight is 244 g/mol. The zero-order valence-corrected chi connectivity index (χ0v) is 11.6. The predicted molar refractivity (Wildman–Crippen MR) is 70.5 cm³/mol. The molecule has 1 amide bonds. The summed E-state index contributed by atoms with van der Waals surface area (Å²) in [6.45, 7) is 9.07. The second-order valence-electron chi connectivity index (χ2n) is 5.17. The van der Waals surface area contributed by atoms with Crippen molar-refractivity contribution in [3.8, 4) is 0 Å². The molecular formula is C13H28N2O2. The lowest BCUT2D eigenvalue weighted by atomic mass is 9.83. The molecule has 0 bridgehead atoms. The number of amides is 1. The molecule has 0 aromatic carbocycles. The van der Waals surface area contributed by atoms with Crippen molar-refractivity contribution in [1.82, 2.24) is 5.32 Å². The van der Waals surface area contributed by atoms with Gasteiger partial charge in [0.2, 0.25) is 5.91 Å². The van der Waals surface area contributed by atoms with Crippen LogP contribution in [0.15, 0.2) is 0 Å². The third-order valence-corrected chi connectivity index (χ3v) is 3.87. The number of nitrogens with one attached hydrogen (secondary N) is 1. The summed E-state index contributed by atoms with van der Waals surface area (Å²) in [6.07, 6.45) is 1.71. The summed E-state index contributed by atoms with van der Waals surface area (Å²) in [5.41, 5.74) is 5.41. The lowest BCUT2D eigenvalue weighted by Crippen LogP contribution is -2.44. The Bertz CT molecular complexity index is 217. The van der Waals surface area contributed by atoms with Gasteiger partial charge in [0.05, 0.1) is 12.5 Å². The van der Waals surface area contributed by atoms with Gasteiger partial charge in [-0.15, -0.1) is 0 Å². The highest BCUT2D eigenvalue weighted by atomic mass is 16.3. The fourth-order valence-electron chi connectivity index (χ4n) is 1.87. The summed E-state index contributed by atoms with van der Waals surface area (Å²) < 4.78 is 0. The van der Waals surface area contributed by atoms with Gasteiger partial charge >= 0.3 is 0 Å². The molecule has 4 N–H and O–H groups in total. The summed E-state index contributed by atoms with van der Waals surface area (Å²) in [5, 5.41) is 12.3. The van der Waals surface area contributed by atoms with Crippen LogP contribution in [-0.4, -0.2) is 30.7 Å². The number of nitrogens with two attached hydrogens (primary N) is 1. The summed E-state index contributed by atoms with van der Waals surface area (Å²) in [4.78, 5) is 11.9. The molecule has 0 rings (SSSR count). The van der Waals surface area contributed by atoms with Crippen LogP contribution in [0.5, 0.6) is 0 Å². The standard InChI is InChI=1S/C13H28N2O2/c1-5-13(6-2,9-16)8-15-12(17)11(7-14)10(3)4/h10-11,16H,5-9,14H2,1-4H3,(H,15,17). The lowest BCUT2D eigenvalue weighted by molar-refractivity contribution is -0.126. The molecule has 0 aromatic rings. The van der Waals surface area contributed by atoms with Gasteiger partial charge in [0.1, 0.15) is 0 Å². The number of hydrogen-bond acceptors (Lipinski definition) is 3. The molecule has 0 aliphatic heterocycles. The van der Waals surface area contributed by atoms with E-state index in [1.807, 2.05) is 27.7 Å². The Morgan fingerprint density at radius 1 is 1.35 bits per heavy atom. The normalized spacial score (nSPS) is 13.8. The van der Waals surface area contributed by atoms with Crippen molar-refractivity contribution < 1.29 is 9.90 Å².